The first-order chi connectivity index (χ1) is 13.3. The lowest BCUT2D eigenvalue weighted by molar-refractivity contribution is 0.0973. The summed E-state index contributed by atoms with van der Waals surface area (Å²) in [5.74, 6) is 0.744. The van der Waals surface area contributed by atoms with E-state index in [1.54, 1.807) is 19.3 Å². The molecule has 2 atom stereocenters. The number of ether oxygens (including phenoxy) is 1. The van der Waals surface area contributed by atoms with E-state index in [2.05, 4.69) is 14.9 Å². The predicted molar refractivity (Wildman–Crippen MR) is 109 cm³/mol. The van der Waals surface area contributed by atoms with E-state index in [1.165, 1.54) is 10.8 Å². The minimum atomic E-state index is -0.221. The van der Waals surface area contributed by atoms with Gasteiger partial charge in [-0.15, -0.1) is 0 Å². The fourth-order valence-corrected chi connectivity index (χ4v) is 4.51. The number of anilines is 2. The minimum Gasteiger partial charge on any atom is -0.383 e. The number of nitrogens with two attached hydrogens (primary N) is 2. The van der Waals surface area contributed by atoms with E-state index in [9.17, 15) is 4.79 Å². The molecule has 150 valence electrons. The van der Waals surface area contributed by atoms with Gasteiger partial charge in [0.15, 0.2) is 0 Å². The number of halogens is 1. The summed E-state index contributed by atoms with van der Waals surface area (Å²) in [5, 5.41) is 0.439. The van der Waals surface area contributed by atoms with Gasteiger partial charge in [0.2, 0.25) is 5.95 Å². The van der Waals surface area contributed by atoms with Gasteiger partial charge < -0.3 is 21.1 Å². The molecule has 2 aliphatic heterocycles. The van der Waals surface area contributed by atoms with E-state index in [4.69, 9.17) is 27.8 Å². The second-order valence-electron chi connectivity index (χ2n) is 7.82. The van der Waals surface area contributed by atoms with Crippen molar-refractivity contribution in [3.05, 3.63) is 33.8 Å². The number of piperidine rings is 1. The third-order valence-electron chi connectivity index (χ3n) is 6.18. The topological polar surface area (TPSA) is 112 Å². The van der Waals surface area contributed by atoms with Crippen LogP contribution in [0.3, 0.4) is 0 Å². The highest BCUT2D eigenvalue weighted by atomic mass is 35.5. The van der Waals surface area contributed by atoms with Crippen LogP contribution in [0.2, 0.25) is 5.02 Å². The lowest BCUT2D eigenvalue weighted by atomic mass is 9.73. The summed E-state index contributed by atoms with van der Waals surface area (Å²) in [5.41, 5.74) is 13.2. The number of pyridine rings is 1. The van der Waals surface area contributed by atoms with Gasteiger partial charge in [0.05, 0.1) is 23.3 Å². The molecule has 2 aromatic rings. The molecule has 0 bridgehead atoms. The maximum absolute atomic E-state index is 13.0. The normalized spacial score (nSPS) is 24.1. The van der Waals surface area contributed by atoms with E-state index in [0.29, 0.717) is 28.7 Å². The molecule has 0 unspecified atom stereocenters. The second-order valence-corrected chi connectivity index (χ2v) is 8.26. The molecule has 0 saturated carbocycles. The molecule has 2 aliphatic rings. The third-order valence-corrected chi connectivity index (χ3v) is 6.38. The molecule has 8 nitrogen and oxygen atoms in total. The molecule has 2 fully saturated rings. The Morgan fingerprint density at radius 1 is 1.32 bits per heavy atom. The highest BCUT2D eigenvalue weighted by molar-refractivity contribution is 6.30. The van der Waals surface area contributed by atoms with Crippen molar-refractivity contribution in [2.75, 3.05) is 30.3 Å². The molecule has 28 heavy (non-hydrogen) atoms. The summed E-state index contributed by atoms with van der Waals surface area (Å²) in [6, 6.07) is 1.70. The predicted octanol–water partition coefficient (Wildman–Crippen LogP) is 1.41. The van der Waals surface area contributed by atoms with Gasteiger partial charge in [-0.2, -0.15) is 4.98 Å². The summed E-state index contributed by atoms with van der Waals surface area (Å²) in [4.78, 5) is 23.7. The first kappa shape index (κ1) is 19.2. The average Bonchev–Trinajstić information content (AvgIpc) is 2.94. The number of hydrogen-bond donors (Lipinski definition) is 2. The summed E-state index contributed by atoms with van der Waals surface area (Å²) >= 11 is 6.01. The Labute approximate surface area is 168 Å². The number of aromatic nitrogens is 3. The second kappa shape index (κ2) is 7.02. The summed E-state index contributed by atoms with van der Waals surface area (Å²) in [6.45, 7) is 4.22. The van der Waals surface area contributed by atoms with E-state index in [-0.39, 0.29) is 28.9 Å². The Kier molecular flexibility index (Phi) is 4.81. The zero-order valence-electron chi connectivity index (χ0n) is 16.1. The van der Waals surface area contributed by atoms with Crippen molar-refractivity contribution in [3.63, 3.8) is 0 Å². The van der Waals surface area contributed by atoms with Gasteiger partial charge in [0.25, 0.3) is 5.56 Å². The largest absolute Gasteiger partial charge is 0.383 e. The SMILES string of the molecule is C[C@@H]1OCC2(CCN(c3nc(N)c(-c4cncc(Cl)c4)c(=O)n3C)CC2)[C@@H]1N. The highest BCUT2D eigenvalue weighted by Gasteiger charge is 2.47. The molecule has 9 heteroatoms. The fourth-order valence-electron chi connectivity index (χ4n) is 4.33. The van der Waals surface area contributed by atoms with Crippen LogP contribution in [0.25, 0.3) is 11.1 Å². The van der Waals surface area contributed by atoms with Crippen LogP contribution < -0.4 is 21.9 Å². The summed E-state index contributed by atoms with van der Waals surface area (Å²) < 4.78 is 7.32. The van der Waals surface area contributed by atoms with Crippen LogP contribution in [0.4, 0.5) is 11.8 Å². The Balaban J connectivity index is 1.63. The van der Waals surface area contributed by atoms with Crippen molar-refractivity contribution in [1.29, 1.82) is 0 Å². The van der Waals surface area contributed by atoms with Gasteiger partial charge in [0, 0.05) is 49.6 Å². The highest BCUT2D eigenvalue weighted by Crippen LogP contribution is 2.41. The molecule has 2 saturated heterocycles. The van der Waals surface area contributed by atoms with Crippen LogP contribution in [-0.4, -0.2) is 46.4 Å². The van der Waals surface area contributed by atoms with E-state index in [0.717, 1.165) is 25.9 Å². The molecular formula is C19H25ClN6O2. The lowest BCUT2D eigenvalue weighted by Gasteiger charge is -2.41. The molecule has 0 radical (unpaired) electrons. The summed E-state index contributed by atoms with van der Waals surface area (Å²) in [7, 11) is 1.71. The first-order valence-electron chi connectivity index (χ1n) is 9.42. The van der Waals surface area contributed by atoms with E-state index in [1.807, 2.05) is 6.92 Å². The van der Waals surface area contributed by atoms with Crippen molar-refractivity contribution in [2.24, 2.45) is 18.2 Å². The number of nitrogens with zero attached hydrogens (tertiary/aromatic N) is 4. The Morgan fingerprint density at radius 3 is 2.64 bits per heavy atom. The maximum atomic E-state index is 13.0. The van der Waals surface area contributed by atoms with E-state index < -0.39 is 0 Å². The molecule has 4 heterocycles. The standard InChI is InChI=1S/C19H25ClN6O2/c1-11-15(21)19(10-28-11)3-5-26(6-4-19)18-24-16(22)14(17(27)25(18)2)12-7-13(20)9-23-8-12/h7-9,11,15H,3-6,10,21-22H2,1-2H3/t11-,15+/m0/s1. The molecular weight excluding hydrogens is 380 g/mol. The maximum Gasteiger partial charge on any atom is 0.264 e. The monoisotopic (exact) mass is 404 g/mol. The van der Waals surface area contributed by atoms with E-state index >= 15 is 0 Å². The van der Waals surface area contributed by atoms with Crippen LogP contribution >= 0.6 is 11.6 Å². The van der Waals surface area contributed by atoms with Crippen LogP contribution in [0.5, 0.6) is 0 Å². The molecule has 2 aromatic heterocycles. The quantitative estimate of drug-likeness (QED) is 0.778. The van der Waals surface area contributed by atoms with Crippen molar-refractivity contribution in [3.8, 4) is 11.1 Å². The van der Waals surface area contributed by atoms with Crippen molar-refractivity contribution in [2.45, 2.75) is 31.9 Å². The van der Waals surface area contributed by atoms with Gasteiger partial charge >= 0.3 is 0 Å². The van der Waals surface area contributed by atoms with Crippen molar-refractivity contribution in [1.82, 2.24) is 14.5 Å². The van der Waals surface area contributed by atoms with Crippen LogP contribution in [-0.2, 0) is 11.8 Å². The molecule has 0 aliphatic carbocycles. The fraction of sp³-hybridized carbons (Fsp3) is 0.526. The molecule has 4 rings (SSSR count). The lowest BCUT2D eigenvalue weighted by Crippen LogP contribution is -2.51. The minimum absolute atomic E-state index is 0.00667. The Morgan fingerprint density at radius 2 is 2.04 bits per heavy atom. The van der Waals surface area contributed by atoms with Gasteiger partial charge in [-0.05, 0) is 25.8 Å². The van der Waals surface area contributed by atoms with Crippen LogP contribution in [0.15, 0.2) is 23.3 Å². The van der Waals surface area contributed by atoms with Crippen molar-refractivity contribution < 1.29 is 4.74 Å². The average molecular weight is 405 g/mol. The number of nitrogen functional groups attached to an aromatic ring is 1. The first-order valence-corrected chi connectivity index (χ1v) is 9.80. The number of hydrogen-bond acceptors (Lipinski definition) is 7. The zero-order chi connectivity index (χ0) is 20.1. The molecule has 1 spiro atoms. The Hall–Kier alpha value is -2.16. The Bertz CT molecular complexity index is 954. The van der Waals surface area contributed by atoms with Crippen LogP contribution in [0, 0.1) is 5.41 Å². The number of rotatable bonds is 2. The van der Waals surface area contributed by atoms with Crippen molar-refractivity contribution >= 4 is 23.4 Å². The van der Waals surface area contributed by atoms with Gasteiger partial charge in [0.1, 0.15) is 5.82 Å². The molecule has 0 aromatic carbocycles. The summed E-state index contributed by atoms with van der Waals surface area (Å²) in [6.07, 6.45) is 4.95. The van der Waals surface area contributed by atoms with Gasteiger partial charge in [-0.3, -0.25) is 14.3 Å². The molecule has 4 N–H and O–H groups in total. The van der Waals surface area contributed by atoms with Gasteiger partial charge in [-0.1, -0.05) is 11.6 Å². The van der Waals surface area contributed by atoms with Crippen LogP contribution in [0.1, 0.15) is 19.8 Å². The molecule has 0 amide bonds. The third kappa shape index (κ3) is 3.05. The smallest absolute Gasteiger partial charge is 0.264 e. The van der Waals surface area contributed by atoms with Gasteiger partial charge in [-0.25, -0.2) is 0 Å². The zero-order valence-corrected chi connectivity index (χ0v) is 16.8.